The molecular weight excluding hydrogens is 339 g/mol. The van der Waals surface area contributed by atoms with Crippen molar-refractivity contribution in [3.05, 3.63) is 35.9 Å². The van der Waals surface area contributed by atoms with Gasteiger partial charge >= 0.3 is 0 Å². The molecule has 0 amide bonds. The van der Waals surface area contributed by atoms with E-state index in [1.54, 1.807) is 44.2 Å². The summed E-state index contributed by atoms with van der Waals surface area (Å²) in [6, 6.07) is 10.4. The highest BCUT2D eigenvalue weighted by molar-refractivity contribution is 8.09. The second-order valence-corrected chi connectivity index (χ2v) is 7.72. The average molecular weight is 356 g/mol. The van der Waals surface area contributed by atoms with E-state index >= 15 is 0 Å². The molecule has 0 saturated carbocycles. The first kappa shape index (κ1) is 18.9. The molecular formula is C14H17N2O3PS2. The first-order chi connectivity index (χ1) is 10.5. The Labute approximate surface area is 140 Å². The SMILES string of the molecule is CCOP(=S)(NC(=S)C(C#N)C(=O)c1ccccc1)OCC. The lowest BCUT2D eigenvalue weighted by Crippen LogP contribution is -2.32. The number of ketones is 1. The number of nitrogens with zero attached hydrogens (tertiary/aromatic N) is 1. The van der Waals surface area contributed by atoms with Crippen molar-refractivity contribution in [2.24, 2.45) is 5.92 Å². The Morgan fingerprint density at radius 3 is 2.32 bits per heavy atom. The van der Waals surface area contributed by atoms with Crippen molar-refractivity contribution >= 4 is 41.4 Å². The van der Waals surface area contributed by atoms with Crippen LogP contribution in [0.2, 0.25) is 0 Å². The van der Waals surface area contributed by atoms with Crippen LogP contribution in [0.3, 0.4) is 0 Å². The van der Waals surface area contributed by atoms with E-state index in [2.05, 4.69) is 5.09 Å². The highest BCUT2D eigenvalue weighted by atomic mass is 32.5. The Morgan fingerprint density at radius 2 is 1.86 bits per heavy atom. The Balaban J connectivity index is 2.91. The highest BCUT2D eigenvalue weighted by Gasteiger charge is 2.29. The van der Waals surface area contributed by atoms with Crippen molar-refractivity contribution in [3.63, 3.8) is 0 Å². The predicted octanol–water partition coefficient (Wildman–Crippen LogP) is 3.22. The number of rotatable bonds is 8. The molecule has 1 aromatic rings. The Morgan fingerprint density at radius 1 is 1.32 bits per heavy atom. The minimum Gasteiger partial charge on any atom is -0.314 e. The number of hydrogen-bond donors (Lipinski definition) is 1. The normalized spacial score (nSPS) is 12.2. The zero-order valence-corrected chi connectivity index (χ0v) is 14.8. The van der Waals surface area contributed by atoms with Crippen LogP contribution in [0.1, 0.15) is 24.2 Å². The van der Waals surface area contributed by atoms with Crippen LogP contribution in [0.4, 0.5) is 0 Å². The molecule has 0 spiro atoms. The van der Waals surface area contributed by atoms with Gasteiger partial charge in [-0.3, -0.25) is 4.79 Å². The number of thiocarbonyl (C=S) groups is 1. The van der Waals surface area contributed by atoms with Crippen LogP contribution < -0.4 is 5.09 Å². The molecule has 1 unspecified atom stereocenters. The molecule has 0 aliphatic heterocycles. The molecule has 0 aromatic heterocycles. The Bertz CT molecular complexity index is 606. The van der Waals surface area contributed by atoms with Crippen molar-refractivity contribution in [2.75, 3.05) is 13.2 Å². The quantitative estimate of drug-likeness (QED) is 0.435. The number of carbonyl (C=O) groups is 1. The third-order valence-electron chi connectivity index (χ3n) is 2.56. The lowest BCUT2D eigenvalue weighted by atomic mass is 9.99. The third kappa shape index (κ3) is 5.24. The second kappa shape index (κ2) is 9.09. The van der Waals surface area contributed by atoms with Crippen molar-refractivity contribution in [1.82, 2.24) is 5.09 Å². The van der Waals surface area contributed by atoms with Gasteiger partial charge < -0.3 is 14.1 Å². The van der Waals surface area contributed by atoms with Gasteiger partial charge in [-0.1, -0.05) is 42.5 Å². The molecule has 0 radical (unpaired) electrons. The summed E-state index contributed by atoms with van der Waals surface area (Å²) in [5.74, 6) is -1.50. The van der Waals surface area contributed by atoms with Crippen LogP contribution in [-0.2, 0) is 20.9 Å². The number of carbonyl (C=O) groups excluding carboxylic acids is 1. The van der Waals surface area contributed by atoms with Crippen molar-refractivity contribution in [2.45, 2.75) is 13.8 Å². The molecule has 22 heavy (non-hydrogen) atoms. The summed E-state index contributed by atoms with van der Waals surface area (Å²) in [7, 11) is 0. The fourth-order valence-corrected chi connectivity index (χ4v) is 4.55. The van der Waals surface area contributed by atoms with E-state index in [9.17, 15) is 10.1 Å². The summed E-state index contributed by atoms with van der Waals surface area (Å²) < 4.78 is 10.8. The van der Waals surface area contributed by atoms with Crippen molar-refractivity contribution in [3.8, 4) is 6.07 Å². The van der Waals surface area contributed by atoms with E-state index in [1.165, 1.54) is 0 Å². The van der Waals surface area contributed by atoms with Gasteiger partial charge in [0, 0.05) is 5.56 Å². The second-order valence-electron chi connectivity index (χ2n) is 4.10. The highest BCUT2D eigenvalue weighted by Crippen LogP contribution is 2.44. The number of benzene rings is 1. The maximum atomic E-state index is 12.4. The van der Waals surface area contributed by atoms with E-state index in [0.717, 1.165) is 0 Å². The predicted molar refractivity (Wildman–Crippen MR) is 93.1 cm³/mol. The summed E-state index contributed by atoms with van der Waals surface area (Å²) >= 11 is 10.5. The fraction of sp³-hybridized carbons (Fsp3) is 0.357. The van der Waals surface area contributed by atoms with Gasteiger partial charge in [-0.15, -0.1) is 0 Å². The Hall–Kier alpha value is -1.16. The molecule has 1 rings (SSSR count). The van der Waals surface area contributed by atoms with Gasteiger partial charge in [0.2, 0.25) is 0 Å². The molecule has 1 N–H and O–H groups in total. The molecule has 0 saturated heterocycles. The van der Waals surface area contributed by atoms with Gasteiger partial charge in [-0.25, -0.2) is 0 Å². The van der Waals surface area contributed by atoms with Crippen LogP contribution in [0.25, 0.3) is 0 Å². The number of Topliss-reactive ketones (excluding diaryl/α,β-unsaturated/α-hetero) is 1. The van der Waals surface area contributed by atoms with Crippen LogP contribution >= 0.6 is 18.9 Å². The fourth-order valence-electron chi connectivity index (χ4n) is 1.65. The molecule has 0 aliphatic carbocycles. The van der Waals surface area contributed by atoms with Crippen LogP contribution in [0.15, 0.2) is 30.3 Å². The van der Waals surface area contributed by atoms with Crippen molar-refractivity contribution in [1.29, 1.82) is 5.26 Å². The monoisotopic (exact) mass is 356 g/mol. The lowest BCUT2D eigenvalue weighted by molar-refractivity contribution is 0.0975. The molecule has 0 aliphatic rings. The van der Waals surface area contributed by atoms with E-state index in [0.29, 0.717) is 18.8 Å². The molecule has 1 aromatic carbocycles. The maximum Gasteiger partial charge on any atom is 0.287 e. The zero-order valence-electron chi connectivity index (χ0n) is 12.3. The van der Waals surface area contributed by atoms with Gasteiger partial charge in [0.25, 0.3) is 6.64 Å². The molecule has 0 fully saturated rings. The smallest absolute Gasteiger partial charge is 0.287 e. The van der Waals surface area contributed by atoms with E-state index in [4.69, 9.17) is 33.1 Å². The maximum absolute atomic E-state index is 12.4. The minimum absolute atomic E-state index is 0.0292. The van der Waals surface area contributed by atoms with E-state index in [-0.39, 0.29) is 10.8 Å². The minimum atomic E-state index is -2.83. The van der Waals surface area contributed by atoms with Crippen molar-refractivity contribution < 1.29 is 13.8 Å². The zero-order chi connectivity index (χ0) is 16.6. The van der Waals surface area contributed by atoms with Gasteiger partial charge in [0.05, 0.1) is 19.3 Å². The molecule has 1 atom stereocenters. The molecule has 5 nitrogen and oxygen atoms in total. The molecule has 8 heteroatoms. The first-order valence-corrected chi connectivity index (χ1v) is 9.72. The van der Waals surface area contributed by atoms with Gasteiger partial charge in [-0.05, 0) is 25.7 Å². The number of nitrogens with one attached hydrogen (secondary N) is 1. The molecule has 0 heterocycles. The number of nitriles is 1. The summed E-state index contributed by atoms with van der Waals surface area (Å²) in [4.78, 5) is 12.4. The van der Waals surface area contributed by atoms with Gasteiger partial charge in [-0.2, -0.15) is 5.26 Å². The van der Waals surface area contributed by atoms with Crippen LogP contribution in [-0.4, -0.2) is 24.0 Å². The largest absolute Gasteiger partial charge is 0.314 e. The average Bonchev–Trinajstić information content (AvgIpc) is 2.49. The summed E-state index contributed by atoms with van der Waals surface area (Å²) in [5.41, 5.74) is 0.416. The third-order valence-corrected chi connectivity index (χ3v) is 5.66. The van der Waals surface area contributed by atoms with Gasteiger partial charge in [0.1, 0.15) is 4.99 Å². The standard InChI is InChI=1S/C14H17N2O3PS2/c1-3-18-20(22,19-4-2)16-14(21)12(10-15)13(17)11-8-6-5-7-9-11/h5-9,12H,3-4H2,1-2H3,(H,16,21,22). The van der Waals surface area contributed by atoms with Crippen LogP contribution in [0, 0.1) is 17.2 Å². The van der Waals surface area contributed by atoms with E-state index < -0.39 is 12.6 Å². The topological polar surface area (TPSA) is 71.3 Å². The summed E-state index contributed by atoms with van der Waals surface area (Å²) in [6.45, 7) is 1.41. The summed E-state index contributed by atoms with van der Waals surface area (Å²) in [5, 5.41) is 12.0. The van der Waals surface area contributed by atoms with Gasteiger partial charge in [0.15, 0.2) is 11.7 Å². The Kier molecular flexibility index (Phi) is 7.80. The van der Waals surface area contributed by atoms with Crippen LogP contribution in [0.5, 0.6) is 0 Å². The summed E-state index contributed by atoms with van der Waals surface area (Å²) in [6.07, 6.45) is 0. The van der Waals surface area contributed by atoms with E-state index in [1.807, 2.05) is 6.07 Å². The molecule has 0 bridgehead atoms. The number of hydrogen-bond acceptors (Lipinski definition) is 6. The lowest BCUT2D eigenvalue weighted by Gasteiger charge is -2.24. The first-order valence-electron chi connectivity index (χ1n) is 6.67. The molecule has 118 valence electrons.